The second-order valence-corrected chi connectivity index (χ2v) is 9.77. The van der Waals surface area contributed by atoms with E-state index in [9.17, 15) is 9.50 Å². The Morgan fingerprint density at radius 3 is 2.34 bits per heavy atom. The predicted molar refractivity (Wildman–Crippen MR) is 122 cm³/mol. The van der Waals surface area contributed by atoms with Crippen LogP contribution in [-0.2, 0) is 0 Å². The van der Waals surface area contributed by atoms with Crippen LogP contribution in [0.2, 0.25) is 0 Å². The van der Waals surface area contributed by atoms with Crippen LogP contribution in [0.25, 0.3) is 0 Å². The molecule has 0 bridgehead atoms. The lowest BCUT2D eigenvalue weighted by Gasteiger charge is -2.42. The van der Waals surface area contributed by atoms with E-state index < -0.39 is 11.2 Å². The van der Waals surface area contributed by atoms with Crippen molar-refractivity contribution < 1.29 is 14.2 Å². The number of hydrogen-bond acceptors (Lipinski definition) is 4. The molecular weight excluding hydrogens is 386 g/mol. The first-order valence-corrected chi connectivity index (χ1v) is 11.6. The van der Waals surface area contributed by atoms with E-state index >= 15 is 0 Å². The van der Waals surface area contributed by atoms with E-state index in [-0.39, 0.29) is 5.92 Å². The maximum Gasteiger partial charge on any atom is 0.256 e. The zero-order valence-electron chi connectivity index (χ0n) is 18.4. The quantitative estimate of drug-likeness (QED) is 0.648. The Morgan fingerprint density at radius 1 is 1.17 bits per heavy atom. The number of piperidine rings is 1. The van der Waals surface area contributed by atoms with Gasteiger partial charge in [0.2, 0.25) is 0 Å². The fraction of sp³-hybridized carbons (Fsp3) is 0.739. The van der Waals surface area contributed by atoms with Gasteiger partial charge in [0.15, 0.2) is 0 Å². The van der Waals surface area contributed by atoms with Gasteiger partial charge in [0.1, 0.15) is 5.75 Å². The van der Waals surface area contributed by atoms with Crippen molar-refractivity contribution in [3.05, 3.63) is 29.8 Å². The van der Waals surface area contributed by atoms with E-state index in [1.54, 1.807) is 6.07 Å². The van der Waals surface area contributed by atoms with Crippen molar-refractivity contribution in [2.24, 2.45) is 0 Å². The minimum Gasteiger partial charge on any atom is -0.455 e. The number of benzene rings is 1. The smallest absolute Gasteiger partial charge is 0.256 e. The number of alkyl halides is 1. The summed E-state index contributed by atoms with van der Waals surface area (Å²) in [7, 11) is 5.82. The summed E-state index contributed by atoms with van der Waals surface area (Å²) in [5.41, 5.74) is -1.40. The van der Waals surface area contributed by atoms with E-state index in [1.165, 1.54) is 32.6 Å². The molecule has 0 aromatic heterocycles. The molecule has 1 aliphatic heterocycles. The molecule has 1 aromatic rings. The van der Waals surface area contributed by atoms with Crippen molar-refractivity contribution in [3.8, 4) is 5.75 Å². The number of ether oxygens (including phenoxy) is 1. The zero-order valence-corrected chi connectivity index (χ0v) is 19.6. The van der Waals surface area contributed by atoms with Gasteiger partial charge in [-0.25, -0.2) is 0 Å². The zero-order chi connectivity index (χ0) is 21.3. The number of nitrogens with one attached hydrogen (secondary N) is 1. The second-order valence-electron chi connectivity index (χ2n) is 8.74. The average molecular weight is 427 g/mol. The summed E-state index contributed by atoms with van der Waals surface area (Å²) in [5, 5.41) is 14.2. The Morgan fingerprint density at radius 2 is 1.76 bits per heavy atom. The minimum atomic E-state index is -1.79. The number of nitrogens with zero attached hydrogens (tertiary/aromatic N) is 1. The van der Waals surface area contributed by atoms with Crippen LogP contribution in [0, 0.1) is 0 Å². The molecule has 1 saturated carbocycles. The molecule has 3 unspecified atom stereocenters. The maximum absolute atomic E-state index is 13.9. The Labute approximate surface area is 178 Å². The van der Waals surface area contributed by atoms with E-state index in [1.807, 2.05) is 26.2 Å². The van der Waals surface area contributed by atoms with Crippen LogP contribution >= 0.6 is 9.24 Å². The van der Waals surface area contributed by atoms with Gasteiger partial charge in [-0.3, -0.25) is 0 Å². The highest BCUT2D eigenvalue weighted by molar-refractivity contribution is 7.18. The van der Waals surface area contributed by atoms with Gasteiger partial charge in [0.25, 0.3) is 5.60 Å². The third kappa shape index (κ3) is 8.13. The highest BCUT2D eigenvalue weighted by Crippen LogP contribution is 2.41. The molecule has 6 heteroatoms. The van der Waals surface area contributed by atoms with E-state index in [0.29, 0.717) is 5.75 Å². The highest BCUT2D eigenvalue weighted by Gasteiger charge is 2.39. The molecule has 0 amide bonds. The summed E-state index contributed by atoms with van der Waals surface area (Å²) in [4.78, 5) is 2.49. The molecule has 1 aliphatic carbocycles. The molecule has 166 valence electrons. The van der Waals surface area contributed by atoms with Crippen molar-refractivity contribution in [2.45, 2.75) is 75.4 Å². The minimum absolute atomic E-state index is 0.0415. The lowest BCUT2D eigenvalue weighted by Crippen LogP contribution is -2.45. The van der Waals surface area contributed by atoms with Gasteiger partial charge in [0, 0.05) is 19.4 Å². The molecule has 3 rings (SSSR count). The van der Waals surface area contributed by atoms with Crippen molar-refractivity contribution in [3.63, 3.8) is 0 Å². The molecule has 2 N–H and O–H groups in total. The Kier molecular flexibility index (Phi) is 9.81. The lowest BCUT2D eigenvalue weighted by molar-refractivity contribution is -0.0322. The van der Waals surface area contributed by atoms with Gasteiger partial charge < -0.3 is 20.1 Å². The van der Waals surface area contributed by atoms with Crippen LogP contribution in [-0.4, -0.2) is 54.9 Å². The Balaban J connectivity index is 0.000000941. The monoisotopic (exact) mass is 426 g/mol. The van der Waals surface area contributed by atoms with Gasteiger partial charge in [-0.15, -0.1) is 0 Å². The summed E-state index contributed by atoms with van der Waals surface area (Å²) in [6.07, 6.45) is 8.84. The molecule has 4 nitrogen and oxygen atoms in total. The highest BCUT2D eigenvalue weighted by atomic mass is 31.0. The Bertz CT molecular complexity index is 597. The number of likely N-dealkylation sites (tertiary alicyclic amines) is 1. The molecule has 1 saturated heterocycles. The third-order valence-corrected chi connectivity index (χ3v) is 5.95. The van der Waals surface area contributed by atoms with Gasteiger partial charge in [-0.2, -0.15) is 4.39 Å². The van der Waals surface area contributed by atoms with Crippen molar-refractivity contribution in [1.82, 2.24) is 10.2 Å². The molecule has 2 fully saturated rings. The first-order valence-electron chi connectivity index (χ1n) is 11.1. The lowest BCUT2D eigenvalue weighted by atomic mass is 9.72. The van der Waals surface area contributed by atoms with Gasteiger partial charge in [-0.05, 0) is 70.6 Å². The third-order valence-electron chi connectivity index (χ3n) is 5.84. The molecule has 2 aliphatic rings. The summed E-state index contributed by atoms with van der Waals surface area (Å²) in [6.45, 7) is 4.46. The van der Waals surface area contributed by atoms with Crippen LogP contribution in [0.5, 0.6) is 5.75 Å². The molecular formula is C23H40FN2O2P. The molecule has 1 aromatic carbocycles. The van der Waals surface area contributed by atoms with Crippen molar-refractivity contribution >= 4 is 9.24 Å². The molecule has 29 heavy (non-hydrogen) atoms. The molecule has 1 heterocycles. The molecule has 0 radical (unpaired) electrons. The summed E-state index contributed by atoms with van der Waals surface area (Å²) >= 11 is 0. The molecule has 0 spiro atoms. The van der Waals surface area contributed by atoms with Crippen LogP contribution in [0.4, 0.5) is 4.39 Å². The average Bonchev–Trinajstić information content (AvgIpc) is 2.67. The van der Waals surface area contributed by atoms with E-state index in [4.69, 9.17) is 4.74 Å². The fourth-order valence-electron chi connectivity index (χ4n) is 4.52. The normalized spacial score (nSPS) is 22.7. The largest absolute Gasteiger partial charge is 0.455 e. The van der Waals surface area contributed by atoms with E-state index in [2.05, 4.69) is 25.5 Å². The van der Waals surface area contributed by atoms with Crippen molar-refractivity contribution in [1.29, 1.82) is 0 Å². The first kappa shape index (κ1) is 24.5. The number of aliphatic hydroxyl groups is 1. The molecule has 3 atom stereocenters. The second kappa shape index (κ2) is 11.6. The SMILES string of the molecule is CC(F)(P)Oc1cccc(C(CN2CCCCC2)C2(O)CCCCC2)c1.CNC. The van der Waals surface area contributed by atoms with Crippen molar-refractivity contribution in [2.75, 3.05) is 33.7 Å². The maximum atomic E-state index is 13.9. The van der Waals surface area contributed by atoms with Gasteiger partial charge in [-0.1, -0.05) is 47.1 Å². The van der Waals surface area contributed by atoms with E-state index in [0.717, 1.165) is 50.9 Å². The topological polar surface area (TPSA) is 44.7 Å². The predicted octanol–water partition coefficient (Wildman–Crippen LogP) is 4.68. The first-order chi connectivity index (χ1) is 13.8. The van der Waals surface area contributed by atoms with Crippen LogP contribution < -0.4 is 10.1 Å². The summed E-state index contributed by atoms with van der Waals surface area (Å²) < 4.78 is 19.3. The summed E-state index contributed by atoms with van der Waals surface area (Å²) in [5.74, 6) is 0.561. The van der Waals surface area contributed by atoms with Crippen LogP contribution in [0.15, 0.2) is 24.3 Å². The number of halogens is 1. The Hall–Kier alpha value is -0.740. The van der Waals surface area contributed by atoms with Crippen LogP contribution in [0.3, 0.4) is 0 Å². The van der Waals surface area contributed by atoms with Gasteiger partial charge in [0.05, 0.1) is 5.60 Å². The number of hydrogen-bond donors (Lipinski definition) is 2. The standard InChI is InChI=1S/C21H33FNO2P.C2H7N/c1-20(22,26)25-18-10-8-9-17(15-18)19(16-23-13-6-3-7-14-23)21(24)11-4-2-5-12-21;1-3-2/h8-10,15,19,24H,2-7,11-14,16,26H2,1H3;3H,1-2H3. The summed E-state index contributed by atoms with van der Waals surface area (Å²) in [6, 6.07) is 7.68. The van der Waals surface area contributed by atoms with Crippen LogP contribution in [0.1, 0.15) is 69.8 Å². The number of rotatable bonds is 6. The fourth-order valence-corrected chi connectivity index (χ4v) is 4.66. The van der Waals surface area contributed by atoms with Gasteiger partial charge >= 0.3 is 0 Å².